The van der Waals surface area contributed by atoms with Crippen LogP contribution in [0.1, 0.15) is 6.42 Å². The van der Waals surface area contributed by atoms with Crippen LogP contribution < -0.4 is 4.90 Å². The van der Waals surface area contributed by atoms with Crippen LogP contribution in [-0.2, 0) is 4.79 Å². The van der Waals surface area contributed by atoms with E-state index in [-0.39, 0.29) is 11.2 Å². The van der Waals surface area contributed by atoms with Gasteiger partial charge in [0.2, 0.25) is 5.91 Å². The lowest BCUT2D eigenvalue weighted by molar-refractivity contribution is -0.117. The third kappa shape index (κ3) is 2.29. The quantitative estimate of drug-likeness (QED) is 0.639. The second kappa shape index (κ2) is 4.31. The van der Waals surface area contributed by atoms with Crippen molar-refractivity contribution in [2.45, 2.75) is 11.7 Å². The highest BCUT2D eigenvalue weighted by Gasteiger charge is 2.29. The van der Waals surface area contributed by atoms with Crippen molar-refractivity contribution in [3.05, 3.63) is 21.9 Å². The third-order valence-corrected chi connectivity index (χ3v) is 3.26. The van der Waals surface area contributed by atoms with Crippen LogP contribution in [0.3, 0.4) is 0 Å². The maximum Gasteiger partial charge on any atom is 0.228 e. The molecule has 0 radical (unpaired) electrons. The lowest BCUT2D eigenvalue weighted by Crippen LogP contribution is -2.25. The lowest BCUT2D eigenvalue weighted by Gasteiger charge is -2.16. The summed E-state index contributed by atoms with van der Waals surface area (Å²) in [5.74, 6) is 0.0426. The predicted molar refractivity (Wildman–Crippen MR) is 66.7 cm³/mol. The molecule has 3 nitrogen and oxygen atoms in total. The zero-order valence-corrected chi connectivity index (χ0v) is 10.9. The average molecular weight is 308 g/mol. The lowest BCUT2D eigenvalue weighted by atomic mass is 10.4. The largest absolute Gasteiger partial charge is 0.308 e. The van der Waals surface area contributed by atoms with E-state index >= 15 is 0 Å². The second-order valence-corrected chi connectivity index (χ2v) is 5.21. The van der Waals surface area contributed by atoms with E-state index in [2.05, 4.69) is 33.5 Å². The van der Waals surface area contributed by atoms with Gasteiger partial charge in [0.15, 0.2) is 5.15 Å². The highest BCUT2D eigenvalue weighted by molar-refractivity contribution is 9.10. The van der Waals surface area contributed by atoms with Gasteiger partial charge in [-0.3, -0.25) is 4.79 Å². The Kier molecular flexibility index (Phi) is 3.23. The van der Waals surface area contributed by atoms with Crippen molar-refractivity contribution in [1.29, 1.82) is 0 Å². The summed E-state index contributed by atoms with van der Waals surface area (Å²) in [6.45, 7) is 0.588. The van der Waals surface area contributed by atoms with E-state index in [0.29, 0.717) is 28.4 Å². The Morgan fingerprint density at radius 3 is 2.87 bits per heavy atom. The van der Waals surface area contributed by atoms with E-state index in [1.807, 2.05) is 0 Å². The third-order valence-electron chi connectivity index (χ3n) is 2.19. The van der Waals surface area contributed by atoms with E-state index in [1.165, 1.54) is 0 Å². The first-order valence-electron chi connectivity index (χ1n) is 4.38. The summed E-state index contributed by atoms with van der Waals surface area (Å²) in [5.41, 5.74) is 0.654. The van der Waals surface area contributed by atoms with E-state index in [9.17, 15) is 4.79 Å². The van der Waals surface area contributed by atoms with Crippen molar-refractivity contribution in [3.8, 4) is 0 Å². The smallest absolute Gasteiger partial charge is 0.228 e. The molecule has 0 aromatic carbocycles. The van der Waals surface area contributed by atoms with Crippen LogP contribution in [0.4, 0.5) is 5.69 Å². The number of thiol groups is 1. The zero-order chi connectivity index (χ0) is 11.0. The molecular formula is C9H8BrClN2OS. The van der Waals surface area contributed by atoms with Crippen LogP contribution in [-0.4, -0.2) is 22.7 Å². The van der Waals surface area contributed by atoms with Gasteiger partial charge in [0.05, 0.1) is 5.69 Å². The number of halogens is 2. The molecule has 1 fully saturated rings. The maximum absolute atomic E-state index is 11.6. The minimum atomic E-state index is 0.0426. The van der Waals surface area contributed by atoms with E-state index in [1.54, 1.807) is 17.0 Å². The molecule has 0 saturated carbocycles. The van der Waals surface area contributed by atoms with Crippen molar-refractivity contribution in [2.24, 2.45) is 0 Å². The SMILES string of the molecule is O=C1CC(S)CN1c1ccc(Br)nc1Cl. The summed E-state index contributed by atoms with van der Waals surface area (Å²) in [4.78, 5) is 17.3. The Labute approximate surface area is 106 Å². The number of aromatic nitrogens is 1. The molecule has 1 aliphatic heterocycles. The van der Waals surface area contributed by atoms with Gasteiger partial charge in [-0.05, 0) is 28.1 Å². The molecule has 2 rings (SSSR count). The van der Waals surface area contributed by atoms with Crippen molar-refractivity contribution >= 4 is 51.8 Å². The highest BCUT2D eigenvalue weighted by atomic mass is 79.9. The number of rotatable bonds is 1. The number of hydrogen-bond acceptors (Lipinski definition) is 3. The first-order chi connectivity index (χ1) is 7.08. The van der Waals surface area contributed by atoms with Gasteiger partial charge in [-0.2, -0.15) is 12.6 Å². The zero-order valence-electron chi connectivity index (χ0n) is 7.65. The number of carbonyl (C=O) groups is 1. The molecule has 0 bridgehead atoms. The summed E-state index contributed by atoms with van der Waals surface area (Å²) in [6.07, 6.45) is 0.454. The standard InChI is InChI=1S/C9H8BrClN2OS/c10-7-2-1-6(9(11)12-7)13-4-5(15)3-8(13)14/h1-2,5,15H,3-4H2. The monoisotopic (exact) mass is 306 g/mol. The number of anilines is 1. The molecule has 6 heteroatoms. The molecule has 15 heavy (non-hydrogen) atoms. The van der Waals surface area contributed by atoms with Crippen LogP contribution in [0.2, 0.25) is 5.15 Å². The van der Waals surface area contributed by atoms with Crippen molar-refractivity contribution < 1.29 is 4.79 Å². The highest BCUT2D eigenvalue weighted by Crippen LogP contribution is 2.30. The molecule has 0 N–H and O–H groups in total. The van der Waals surface area contributed by atoms with Gasteiger partial charge in [0.1, 0.15) is 4.60 Å². The molecule has 1 aromatic heterocycles. The number of hydrogen-bond donors (Lipinski definition) is 1. The number of nitrogens with zero attached hydrogens (tertiary/aromatic N) is 2. The van der Waals surface area contributed by atoms with Gasteiger partial charge in [-0.25, -0.2) is 4.98 Å². The normalized spacial score (nSPS) is 21.1. The molecule has 2 heterocycles. The van der Waals surface area contributed by atoms with Crippen molar-refractivity contribution in [3.63, 3.8) is 0 Å². The van der Waals surface area contributed by atoms with Crippen LogP contribution in [0.25, 0.3) is 0 Å². The molecule has 1 unspecified atom stereocenters. The molecule has 1 aliphatic rings. The van der Waals surface area contributed by atoms with E-state index in [0.717, 1.165) is 0 Å². The Balaban J connectivity index is 2.34. The van der Waals surface area contributed by atoms with Gasteiger partial charge < -0.3 is 4.90 Å². The molecule has 80 valence electrons. The van der Waals surface area contributed by atoms with E-state index in [4.69, 9.17) is 11.6 Å². The molecule has 0 aliphatic carbocycles. The average Bonchev–Trinajstić information content (AvgIpc) is 2.45. The second-order valence-electron chi connectivity index (χ2n) is 3.31. The Morgan fingerprint density at radius 1 is 1.60 bits per heavy atom. The first-order valence-corrected chi connectivity index (χ1v) is 6.07. The van der Waals surface area contributed by atoms with Gasteiger partial charge in [0, 0.05) is 18.2 Å². The van der Waals surface area contributed by atoms with Gasteiger partial charge in [-0.15, -0.1) is 0 Å². The van der Waals surface area contributed by atoms with Crippen LogP contribution in [0, 0.1) is 0 Å². The summed E-state index contributed by atoms with van der Waals surface area (Å²) in [7, 11) is 0. The Bertz CT molecular complexity index is 415. The number of amides is 1. The molecule has 1 saturated heterocycles. The fraction of sp³-hybridized carbons (Fsp3) is 0.333. The summed E-state index contributed by atoms with van der Waals surface area (Å²) in [5, 5.41) is 0.414. The number of carbonyl (C=O) groups excluding carboxylic acids is 1. The minimum Gasteiger partial charge on any atom is -0.308 e. The fourth-order valence-electron chi connectivity index (χ4n) is 1.53. The minimum absolute atomic E-state index is 0.0426. The van der Waals surface area contributed by atoms with E-state index < -0.39 is 0 Å². The molecule has 0 spiro atoms. The fourth-order valence-corrected chi connectivity index (χ4v) is 2.51. The van der Waals surface area contributed by atoms with Crippen LogP contribution in [0.5, 0.6) is 0 Å². The summed E-state index contributed by atoms with van der Waals surface area (Å²) >= 11 is 13.5. The topological polar surface area (TPSA) is 33.2 Å². The molecule has 1 atom stereocenters. The Morgan fingerprint density at radius 2 is 2.33 bits per heavy atom. The van der Waals surface area contributed by atoms with Crippen molar-refractivity contribution in [2.75, 3.05) is 11.4 Å². The van der Waals surface area contributed by atoms with Crippen LogP contribution >= 0.6 is 40.2 Å². The van der Waals surface area contributed by atoms with Gasteiger partial charge in [0.25, 0.3) is 0 Å². The van der Waals surface area contributed by atoms with Gasteiger partial charge in [-0.1, -0.05) is 11.6 Å². The molecular weight excluding hydrogens is 300 g/mol. The molecule has 1 aromatic rings. The Hall–Kier alpha value is -0.260. The maximum atomic E-state index is 11.6. The van der Waals surface area contributed by atoms with Crippen molar-refractivity contribution in [1.82, 2.24) is 4.98 Å². The summed E-state index contributed by atoms with van der Waals surface area (Å²) in [6, 6.07) is 3.55. The van der Waals surface area contributed by atoms with Crippen LogP contribution in [0.15, 0.2) is 16.7 Å². The first kappa shape index (κ1) is 11.2. The number of pyridine rings is 1. The predicted octanol–water partition coefficient (Wildman–Crippen LogP) is 2.53. The molecule has 1 amide bonds. The van der Waals surface area contributed by atoms with Gasteiger partial charge >= 0.3 is 0 Å². The summed E-state index contributed by atoms with van der Waals surface area (Å²) < 4.78 is 0.658.